The van der Waals surface area contributed by atoms with Gasteiger partial charge in [-0.1, -0.05) is 6.07 Å². The largest absolute Gasteiger partial charge is 0.493 e. The minimum absolute atomic E-state index is 0.234. The van der Waals surface area contributed by atoms with Crippen LogP contribution in [0.5, 0.6) is 11.5 Å². The highest BCUT2D eigenvalue weighted by atomic mass is 16.5. The molecule has 1 aromatic carbocycles. The lowest BCUT2D eigenvalue weighted by Crippen LogP contribution is -2.17. The van der Waals surface area contributed by atoms with E-state index in [4.69, 9.17) is 15.2 Å². The Labute approximate surface area is 112 Å². The molecule has 0 saturated heterocycles. The van der Waals surface area contributed by atoms with Gasteiger partial charge in [0.25, 0.3) is 0 Å². The summed E-state index contributed by atoms with van der Waals surface area (Å²) in [6.45, 7) is 2.83. The SMILES string of the molecule is CCn1nccc1C(N)c1ccc(OC)c(OC)c1. The van der Waals surface area contributed by atoms with Gasteiger partial charge in [-0.2, -0.15) is 5.10 Å². The lowest BCUT2D eigenvalue weighted by atomic mass is 10.0. The number of aryl methyl sites for hydroxylation is 1. The van der Waals surface area contributed by atoms with Crippen molar-refractivity contribution in [2.24, 2.45) is 5.73 Å². The zero-order valence-electron chi connectivity index (χ0n) is 11.5. The predicted octanol–water partition coefficient (Wildman–Crippen LogP) is 1.97. The first-order chi connectivity index (χ1) is 9.21. The third-order valence-corrected chi connectivity index (χ3v) is 3.13. The first-order valence-electron chi connectivity index (χ1n) is 6.20. The van der Waals surface area contributed by atoms with E-state index in [0.717, 1.165) is 17.8 Å². The normalized spacial score (nSPS) is 12.2. The molecule has 19 heavy (non-hydrogen) atoms. The van der Waals surface area contributed by atoms with E-state index in [1.165, 1.54) is 0 Å². The van der Waals surface area contributed by atoms with E-state index in [1.807, 2.05) is 35.9 Å². The summed E-state index contributed by atoms with van der Waals surface area (Å²) >= 11 is 0. The van der Waals surface area contributed by atoms with Crippen molar-refractivity contribution < 1.29 is 9.47 Å². The summed E-state index contributed by atoms with van der Waals surface area (Å²) in [4.78, 5) is 0. The maximum absolute atomic E-state index is 6.30. The van der Waals surface area contributed by atoms with Gasteiger partial charge < -0.3 is 15.2 Å². The Kier molecular flexibility index (Phi) is 4.06. The molecule has 0 amide bonds. The maximum Gasteiger partial charge on any atom is 0.161 e. The lowest BCUT2D eigenvalue weighted by molar-refractivity contribution is 0.354. The van der Waals surface area contributed by atoms with Gasteiger partial charge in [0.2, 0.25) is 0 Å². The average molecular weight is 261 g/mol. The van der Waals surface area contributed by atoms with E-state index in [9.17, 15) is 0 Å². The number of hydrogen-bond acceptors (Lipinski definition) is 4. The van der Waals surface area contributed by atoms with Crippen LogP contribution < -0.4 is 15.2 Å². The van der Waals surface area contributed by atoms with Crippen molar-refractivity contribution in [1.29, 1.82) is 0 Å². The number of hydrogen-bond donors (Lipinski definition) is 1. The molecule has 0 bridgehead atoms. The molecule has 2 N–H and O–H groups in total. The van der Waals surface area contributed by atoms with Gasteiger partial charge in [-0.3, -0.25) is 4.68 Å². The molecule has 1 heterocycles. The van der Waals surface area contributed by atoms with E-state index in [1.54, 1.807) is 20.4 Å². The molecule has 0 radical (unpaired) electrons. The molecule has 5 heteroatoms. The zero-order chi connectivity index (χ0) is 13.8. The fourth-order valence-corrected chi connectivity index (χ4v) is 2.09. The van der Waals surface area contributed by atoms with E-state index in [-0.39, 0.29) is 6.04 Å². The number of nitrogens with two attached hydrogens (primary N) is 1. The van der Waals surface area contributed by atoms with Crippen molar-refractivity contribution >= 4 is 0 Å². The van der Waals surface area contributed by atoms with Crippen molar-refractivity contribution in [3.05, 3.63) is 41.7 Å². The average Bonchev–Trinajstić information content (AvgIpc) is 2.94. The number of methoxy groups -OCH3 is 2. The molecule has 1 unspecified atom stereocenters. The fraction of sp³-hybridized carbons (Fsp3) is 0.357. The second kappa shape index (κ2) is 5.75. The predicted molar refractivity (Wildman–Crippen MR) is 73.5 cm³/mol. The molecule has 1 aromatic heterocycles. The first kappa shape index (κ1) is 13.4. The van der Waals surface area contributed by atoms with Crippen molar-refractivity contribution in [3.63, 3.8) is 0 Å². The highest BCUT2D eigenvalue weighted by Crippen LogP contribution is 2.31. The molecular weight excluding hydrogens is 242 g/mol. The Morgan fingerprint density at radius 1 is 1.21 bits per heavy atom. The van der Waals surface area contributed by atoms with Crippen LogP contribution in [-0.4, -0.2) is 24.0 Å². The number of rotatable bonds is 5. The summed E-state index contributed by atoms with van der Waals surface area (Å²) in [7, 11) is 3.23. The van der Waals surface area contributed by atoms with Crippen LogP contribution in [-0.2, 0) is 6.54 Å². The van der Waals surface area contributed by atoms with Gasteiger partial charge in [0.05, 0.1) is 26.0 Å². The summed E-state index contributed by atoms with van der Waals surface area (Å²) in [5.74, 6) is 1.38. The quantitative estimate of drug-likeness (QED) is 0.893. The van der Waals surface area contributed by atoms with Crippen LogP contribution >= 0.6 is 0 Å². The monoisotopic (exact) mass is 261 g/mol. The van der Waals surface area contributed by atoms with Crippen LogP contribution in [0.25, 0.3) is 0 Å². The van der Waals surface area contributed by atoms with E-state index < -0.39 is 0 Å². The smallest absolute Gasteiger partial charge is 0.161 e. The topological polar surface area (TPSA) is 62.3 Å². The summed E-state index contributed by atoms with van der Waals surface area (Å²) in [5.41, 5.74) is 8.24. The Morgan fingerprint density at radius 2 is 1.95 bits per heavy atom. The molecule has 2 rings (SSSR count). The van der Waals surface area contributed by atoms with Crippen LogP contribution in [0.4, 0.5) is 0 Å². The van der Waals surface area contributed by atoms with Crippen LogP contribution in [0.3, 0.4) is 0 Å². The molecule has 2 aromatic rings. The standard InChI is InChI=1S/C14H19N3O2/c1-4-17-11(7-8-16-17)14(15)10-5-6-12(18-2)13(9-10)19-3/h5-9,14H,4,15H2,1-3H3. The number of benzene rings is 1. The van der Waals surface area contributed by atoms with Gasteiger partial charge in [-0.05, 0) is 30.7 Å². The van der Waals surface area contributed by atoms with Crippen LogP contribution in [0.1, 0.15) is 24.2 Å². The Bertz CT molecular complexity index is 551. The van der Waals surface area contributed by atoms with E-state index in [2.05, 4.69) is 5.10 Å². The maximum atomic E-state index is 6.30. The summed E-state index contributed by atoms with van der Waals surface area (Å²) in [6.07, 6.45) is 1.76. The molecule has 102 valence electrons. The van der Waals surface area contributed by atoms with Crippen molar-refractivity contribution in [2.45, 2.75) is 19.5 Å². The van der Waals surface area contributed by atoms with Gasteiger partial charge in [0.1, 0.15) is 0 Å². The Balaban J connectivity index is 2.36. The molecule has 5 nitrogen and oxygen atoms in total. The highest BCUT2D eigenvalue weighted by Gasteiger charge is 2.15. The second-order valence-electron chi connectivity index (χ2n) is 4.16. The molecular formula is C14H19N3O2. The highest BCUT2D eigenvalue weighted by molar-refractivity contribution is 5.45. The Morgan fingerprint density at radius 3 is 2.58 bits per heavy atom. The van der Waals surface area contributed by atoms with Crippen molar-refractivity contribution in [3.8, 4) is 11.5 Å². The van der Waals surface area contributed by atoms with Crippen LogP contribution in [0, 0.1) is 0 Å². The molecule has 0 aliphatic rings. The number of nitrogens with zero attached hydrogens (tertiary/aromatic N) is 2. The van der Waals surface area contributed by atoms with Gasteiger partial charge in [-0.25, -0.2) is 0 Å². The molecule has 0 aliphatic carbocycles. The molecule has 0 aliphatic heterocycles. The van der Waals surface area contributed by atoms with Crippen molar-refractivity contribution in [1.82, 2.24) is 9.78 Å². The van der Waals surface area contributed by atoms with E-state index in [0.29, 0.717) is 11.5 Å². The van der Waals surface area contributed by atoms with Crippen LogP contribution in [0.2, 0.25) is 0 Å². The molecule has 0 spiro atoms. The molecule has 1 atom stereocenters. The Hall–Kier alpha value is -2.01. The summed E-state index contributed by atoms with van der Waals surface area (Å²) in [6, 6.07) is 7.41. The van der Waals surface area contributed by atoms with Gasteiger partial charge in [0, 0.05) is 12.7 Å². The summed E-state index contributed by atoms with van der Waals surface area (Å²) < 4.78 is 12.4. The molecule has 0 saturated carbocycles. The number of aromatic nitrogens is 2. The summed E-state index contributed by atoms with van der Waals surface area (Å²) in [5, 5.41) is 4.24. The van der Waals surface area contributed by atoms with Crippen LogP contribution in [0.15, 0.2) is 30.5 Å². The third kappa shape index (κ3) is 2.56. The zero-order valence-corrected chi connectivity index (χ0v) is 11.5. The third-order valence-electron chi connectivity index (χ3n) is 3.13. The van der Waals surface area contributed by atoms with Gasteiger partial charge in [0.15, 0.2) is 11.5 Å². The first-order valence-corrected chi connectivity index (χ1v) is 6.20. The van der Waals surface area contributed by atoms with E-state index >= 15 is 0 Å². The fourth-order valence-electron chi connectivity index (χ4n) is 2.09. The minimum Gasteiger partial charge on any atom is -0.493 e. The van der Waals surface area contributed by atoms with Gasteiger partial charge in [-0.15, -0.1) is 0 Å². The minimum atomic E-state index is -0.234. The van der Waals surface area contributed by atoms with Crippen molar-refractivity contribution in [2.75, 3.05) is 14.2 Å². The van der Waals surface area contributed by atoms with Gasteiger partial charge >= 0.3 is 0 Å². The lowest BCUT2D eigenvalue weighted by Gasteiger charge is -2.16. The molecule has 0 fully saturated rings. The second-order valence-corrected chi connectivity index (χ2v) is 4.16. The number of ether oxygens (including phenoxy) is 2.